The Morgan fingerprint density at radius 3 is 2.20 bits per heavy atom. The smallest absolute Gasteiger partial charge is 0.229 e. The van der Waals surface area contributed by atoms with Crippen LogP contribution < -0.4 is 4.74 Å². The summed E-state index contributed by atoms with van der Waals surface area (Å²) in [5.41, 5.74) is 0.661. The van der Waals surface area contributed by atoms with Crippen LogP contribution in [0.5, 0.6) is 5.75 Å². The third-order valence-corrected chi connectivity index (χ3v) is 3.15. The highest BCUT2D eigenvalue weighted by Gasteiger charge is 2.30. The summed E-state index contributed by atoms with van der Waals surface area (Å²) in [7, 11) is 0. The summed E-state index contributed by atoms with van der Waals surface area (Å²) in [5.74, 6) is 0.298. The molecule has 1 aromatic rings. The van der Waals surface area contributed by atoms with E-state index >= 15 is 0 Å². The summed E-state index contributed by atoms with van der Waals surface area (Å²) >= 11 is 0. The number of carbonyl (C=O) groups is 2. The maximum absolute atomic E-state index is 11.5. The second-order valence-corrected chi connectivity index (χ2v) is 5.15. The van der Waals surface area contributed by atoms with E-state index in [4.69, 9.17) is 4.74 Å². The number of carbonyl (C=O) groups excluding carboxylic acids is 2. The second-order valence-electron chi connectivity index (χ2n) is 5.15. The summed E-state index contributed by atoms with van der Waals surface area (Å²) in [6.07, 6.45) is -0.292. The van der Waals surface area contributed by atoms with Gasteiger partial charge in [-0.1, -0.05) is 12.1 Å². The first kappa shape index (κ1) is 14.5. The SMILES string of the molecule is CC(C)Oc1ccc(C(O)CN2C(=O)CCC2=O)cc1. The summed E-state index contributed by atoms with van der Waals surface area (Å²) in [5, 5.41) is 10.1. The zero-order chi connectivity index (χ0) is 14.7. The normalized spacial score (nSPS) is 16.9. The number of benzene rings is 1. The number of aliphatic hydroxyl groups is 1. The molecule has 1 aliphatic rings. The van der Waals surface area contributed by atoms with Gasteiger partial charge in [-0.15, -0.1) is 0 Å². The van der Waals surface area contributed by atoms with Gasteiger partial charge in [-0.25, -0.2) is 0 Å². The number of ether oxygens (including phenoxy) is 1. The number of hydrogen-bond acceptors (Lipinski definition) is 4. The number of amides is 2. The Morgan fingerprint density at radius 1 is 1.15 bits per heavy atom. The average molecular weight is 277 g/mol. The lowest BCUT2D eigenvalue weighted by molar-refractivity contribution is -0.140. The first-order valence-corrected chi connectivity index (χ1v) is 6.75. The molecule has 1 fully saturated rings. The number of aliphatic hydroxyl groups excluding tert-OH is 1. The predicted octanol–water partition coefficient (Wildman–Crippen LogP) is 1.66. The highest BCUT2D eigenvalue weighted by atomic mass is 16.5. The van der Waals surface area contributed by atoms with Crippen LogP contribution >= 0.6 is 0 Å². The fourth-order valence-electron chi connectivity index (χ4n) is 2.15. The van der Waals surface area contributed by atoms with Gasteiger partial charge in [0.2, 0.25) is 11.8 Å². The van der Waals surface area contributed by atoms with Gasteiger partial charge < -0.3 is 9.84 Å². The van der Waals surface area contributed by atoms with Crippen LogP contribution in [0.25, 0.3) is 0 Å². The van der Waals surface area contributed by atoms with Crippen LogP contribution in [0.2, 0.25) is 0 Å². The fraction of sp³-hybridized carbons (Fsp3) is 0.467. The van der Waals surface area contributed by atoms with E-state index in [2.05, 4.69) is 0 Å². The first-order chi connectivity index (χ1) is 9.47. The molecule has 1 unspecified atom stereocenters. The molecule has 2 rings (SSSR count). The van der Waals surface area contributed by atoms with Gasteiger partial charge in [-0.3, -0.25) is 14.5 Å². The fourth-order valence-corrected chi connectivity index (χ4v) is 2.15. The van der Waals surface area contributed by atoms with Gasteiger partial charge in [0, 0.05) is 12.8 Å². The van der Waals surface area contributed by atoms with Crippen molar-refractivity contribution in [1.29, 1.82) is 0 Å². The van der Waals surface area contributed by atoms with E-state index in [9.17, 15) is 14.7 Å². The van der Waals surface area contributed by atoms with Gasteiger partial charge in [0.25, 0.3) is 0 Å². The van der Waals surface area contributed by atoms with Crippen molar-refractivity contribution in [2.24, 2.45) is 0 Å². The van der Waals surface area contributed by atoms with E-state index in [0.717, 1.165) is 10.6 Å². The molecule has 0 radical (unpaired) electrons. The predicted molar refractivity (Wildman–Crippen MR) is 73.1 cm³/mol. The molecule has 2 amide bonds. The number of β-amino-alcohol motifs (C(OH)–C–C–N with tert-alkyl or cyclic N) is 1. The third-order valence-electron chi connectivity index (χ3n) is 3.15. The summed E-state index contributed by atoms with van der Waals surface area (Å²) in [4.78, 5) is 24.1. The molecule has 0 spiro atoms. The average Bonchev–Trinajstić information content (AvgIpc) is 2.70. The monoisotopic (exact) mass is 277 g/mol. The molecule has 1 atom stereocenters. The molecule has 0 aromatic heterocycles. The summed E-state index contributed by atoms with van der Waals surface area (Å²) in [6.45, 7) is 3.89. The van der Waals surface area contributed by atoms with Crippen molar-refractivity contribution in [3.63, 3.8) is 0 Å². The van der Waals surface area contributed by atoms with Crippen molar-refractivity contribution in [3.05, 3.63) is 29.8 Å². The molecule has 1 aromatic carbocycles. The van der Waals surface area contributed by atoms with Crippen molar-refractivity contribution in [2.75, 3.05) is 6.54 Å². The van der Waals surface area contributed by atoms with Gasteiger partial charge in [0.15, 0.2) is 0 Å². The maximum atomic E-state index is 11.5. The third kappa shape index (κ3) is 3.36. The van der Waals surface area contributed by atoms with E-state index in [1.54, 1.807) is 24.3 Å². The Kier molecular flexibility index (Phi) is 4.39. The number of nitrogens with zero attached hydrogens (tertiary/aromatic N) is 1. The Labute approximate surface area is 118 Å². The zero-order valence-corrected chi connectivity index (χ0v) is 11.7. The minimum atomic E-state index is -0.867. The molecule has 0 aliphatic carbocycles. The molecule has 1 aliphatic heterocycles. The molecule has 1 heterocycles. The van der Waals surface area contributed by atoms with Gasteiger partial charge >= 0.3 is 0 Å². The van der Waals surface area contributed by atoms with E-state index in [-0.39, 0.29) is 37.3 Å². The molecule has 0 saturated carbocycles. The van der Waals surface area contributed by atoms with Crippen LogP contribution in [0.3, 0.4) is 0 Å². The van der Waals surface area contributed by atoms with Crippen molar-refractivity contribution >= 4 is 11.8 Å². The molecule has 0 bridgehead atoms. The molecule has 1 N–H and O–H groups in total. The molecule has 5 heteroatoms. The standard InChI is InChI=1S/C15H19NO4/c1-10(2)20-12-5-3-11(4-6-12)13(17)9-16-14(18)7-8-15(16)19/h3-6,10,13,17H,7-9H2,1-2H3. The summed E-state index contributed by atoms with van der Waals surface area (Å²) in [6, 6.07) is 7.03. The van der Waals surface area contributed by atoms with E-state index in [0.29, 0.717) is 5.56 Å². The van der Waals surface area contributed by atoms with Crippen molar-refractivity contribution < 1.29 is 19.4 Å². The van der Waals surface area contributed by atoms with Crippen LogP contribution in [0.4, 0.5) is 0 Å². The summed E-state index contributed by atoms with van der Waals surface area (Å²) < 4.78 is 5.52. The maximum Gasteiger partial charge on any atom is 0.229 e. The van der Waals surface area contributed by atoms with Crippen molar-refractivity contribution in [1.82, 2.24) is 4.90 Å². The topological polar surface area (TPSA) is 66.8 Å². The number of likely N-dealkylation sites (tertiary alicyclic amines) is 1. The molecule has 108 valence electrons. The molecule has 5 nitrogen and oxygen atoms in total. The Bertz CT molecular complexity index is 479. The first-order valence-electron chi connectivity index (χ1n) is 6.75. The van der Waals surface area contributed by atoms with Gasteiger partial charge in [-0.2, -0.15) is 0 Å². The highest BCUT2D eigenvalue weighted by molar-refractivity contribution is 6.01. The molecular weight excluding hydrogens is 258 g/mol. The van der Waals surface area contributed by atoms with E-state index in [1.807, 2.05) is 13.8 Å². The molecule has 1 saturated heterocycles. The lowest BCUT2D eigenvalue weighted by atomic mass is 10.1. The van der Waals surface area contributed by atoms with Crippen LogP contribution in [0.1, 0.15) is 38.4 Å². The Morgan fingerprint density at radius 2 is 1.70 bits per heavy atom. The van der Waals surface area contributed by atoms with Gasteiger partial charge in [0.1, 0.15) is 5.75 Å². The Hall–Kier alpha value is -1.88. The largest absolute Gasteiger partial charge is 0.491 e. The van der Waals surface area contributed by atoms with Gasteiger partial charge in [-0.05, 0) is 31.5 Å². The number of imide groups is 1. The van der Waals surface area contributed by atoms with Gasteiger partial charge in [0.05, 0.1) is 18.8 Å². The Balaban J connectivity index is 2.00. The number of hydrogen-bond donors (Lipinski definition) is 1. The second kappa shape index (κ2) is 6.05. The van der Waals surface area contributed by atoms with Crippen LogP contribution in [-0.4, -0.2) is 34.5 Å². The minimum absolute atomic E-state index is 0.0159. The number of rotatable bonds is 5. The molecular formula is C15H19NO4. The lowest BCUT2D eigenvalue weighted by Crippen LogP contribution is -2.33. The van der Waals surface area contributed by atoms with Crippen molar-refractivity contribution in [3.8, 4) is 5.75 Å². The minimum Gasteiger partial charge on any atom is -0.491 e. The van der Waals surface area contributed by atoms with Crippen molar-refractivity contribution in [2.45, 2.75) is 38.9 Å². The van der Waals surface area contributed by atoms with Crippen LogP contribution in [0, 0.1) is 0 Å². The van der Waals surface area contributed by atoms with E-state index in [1.165, 1.54) is 0 Å². The lowest BCUT2D eigenvalue weighted by Gasteiger charge is -2.19. The van der Waals surface area contributed by atoms with Crippen LogP contribution in [0.15, 0.2) is 24.3 Å². The highest BCUT2D eigenvalue weighted by Crippen LogP contribution is 2.22. The quantitative estimate of drug-likeness (QED) is 0.831. The zero-order valence-electron chi connectivity index (χ0n) is 11.7. The molecule has 20 heavy (non-hydrogen) atoms. The van der Waals surface area contributed by atoms with Crippen LogP contribution in [-0.2, 0) is 9.59 Å². The van der Waals surface area contributed by atoms with E-state index < -0.39 is 6.10 Å².